The Morgan fingerprint density at radius 1 is 1.48 bits per heavy atom. The number of carbonyl (C=O) groups is 1. The second-order valence-electron chi connectivity index (χ2n) is 5.96. The predicted octanol–water partition coefficient (Wildman–Crippen LogP) is 2.75. The van der Waals surface area contributed by atoms with Crippen molar-refractivity contribution >= 4 is 28.7 Å². The van der Waals surface area contributed by atoms with E-state index < -0.39 is 17.7 Å². The first-order valence-corrected chi connectivity index (χ1v) is 7.44. The molecule has 2 aromatic rings. The maximum absolute atomic E-state index is 11.7. The fourth-order valence-electron chi connectivity index (χ4n) is 1.79. The lowest BCUT2D eigenvalue weighted by Gasteiger charge is -2.22. The molecule has 1 aromatic carbocycles. The zero-order valence-corrected chi connectivity index (χ0v) is 13.9. The van der Waals surface area contributed by atoms with Gasteiger partial charge in [0.15, 0.2) is 5.58 Å². The number of alkyl carbamates (subject to hydrolysis) is 1. The molecule has 126 valence electrons. The number of nitrogens with zero attached hydrogens (tertiary/aromatic N) is 1. The first-order chi connectivity index (χ1) is 10.8. The van der Waals surface area contributed by atoms with Crippen LogP contribution in [0.5, 0.6) is 5.88 Å². The Hall–Kier alpha value is -1.99. The molecule has 1 amide bonds. The predicted molar refractivity (Wildman–Crippen MR) is 84.8 cm³/mol. The number of halogens is 1. The van der Waals surface area contributed by atoms with Crippen LogP contribution in [0.2, 0.25) is 5.02 Å². The van der Waals surface area contributed by atoms with Crippen LogP contribution in [-0.2, 0) is 4.74 Å². The van der Waals surface area contributed by atoms with Crippen LogP contribution in [0, 0.1) is 0 Å². The van der Waals surface area contributed by atoms with Crippen molar-refractivity contribution in [2.45, 2.75) is 32.4 Å². The highest BCUT2D eigenvalue weighted by molar-refractivity contribution is 6.31. The number of nitrogens with one attached hydrogen (secondary N) is 1. The summed E-state index contributed by atoms with van der Waals surface area (Å²) in [5.41, 5.74) is -0.0886. The summed E-state index contributed by atoms with van der Waals surface area (Å²) in [4.78, 5) is 11.7. The fraction of sp³-hybridized carbons (Fsp3) is 0.467. The van der Waals surface area contributed by atoms with E-state index in [1.807, 2.05) is 0 Å². The lowest BCUT2D eigenvalue weighted by molar-refractivity contribution is 0.0456. The van der Waals surface area contributed by atoms with E-state index in [4.69, 9.17) is 25.6 Å². The van der Waals surface area contributed by atoms with Crippen molar-refractivity contribution in [1.82, 2.24) is 10.5 Å². The highest BCUT2D eigenvalue weighted by atomic mass is 35.5. The molecule has 0 spiro atoms. The summed E-state index contributed by atoms with van der Waals surface area (Å²) in [6, 6.07) is 4.38. The fourth-order valence-corrected chi connectivity index (χ4v) is 1.96. The molecule has 1 aromatic heterocycles. The van der Waals surface area contributed by atoms with Crippen molar-refractivity contribution in [2.75, 3.05) is 13.2 Å². The molecule has 0 aliphatic rings. The average molecular weight is 343 g/mol. The van der Waals surface area contributed by atoms with Crippen LogP contribution in [0.3, 0.4) is 0 Å². The molecule has 2 rings (SSSR count). The monoisotopic (exact) mass is 342 g/mol. The molecule has 8 heteroatoms. The minimum atomic E-state index is -0.643. The summed E-state index contributed by atoms with van der Waals surface area (Å²) in [5, 5.41) is 16.8. The Labute approximate surface area is 138 Å². The second kappa shape index (κ2) is 7.06. The van der Waals surface area contributed by atoms with E-state index in [0.29, 0.717) is 16.0 Å². The van der Waals surface area contributed by atoms with Gasteiger partial charge in [0.1, 0.15) is 12.2 Å². The number of amides is 1. The lowest BCUT2D eigenvalue weighted by Crippen LogP contribution is -2.44. The molecule has 0 saturated carbocycles. The Kier molecular flexibility index (Phi) is 5.33. The third-order valence-corrected chi connectivity index (χ3v) is 3.00. The average Bonchev–Trinajstić information content (AvgIpc) is 2.83. The number of benzene rings is 1. The van der Waals surface area contributed by atoms with Gasteiger partial charge in [0.2, 0.25) is 0 Å². The number of aromatic nitrogens is 1. The molecule has 1 heterocycles. The number of aliphatic hydroxyl groups is 1. The maximum atomic E-state index is 11.7. The summed E-state index contributed by atoms with van der Waals surface area (Å²) in [6.07, 6.45) is -0.631. The van der Waals surface area contributed by atoms with Gasteiger partial charge < -0.3 is 24.4 Å². The number of aliphatic hydroxyl groups excluding tert-OH is 1. The van der Waals surface area contributed by atoms with Crippen LogP contribution in [0.25, 0.3) is 11.0 Å². The van der Waals surface area contributed by atoms with Crippen molar-refractivity contribution in [3.8, 4) is 5.88 Å². The zero-order chi connectivity index (χ0) is 17.0. The minimum Gasteiger partial charge on any atom is -0.473 e. The minimum absolute atomic E-state index is 0.00386. The largest absolute Gasteiger partial charge is 0.473 e. The molecule has 0 radical (unpaired) electrons. The normalized spacial score (nSPS) is 12.9. The van der Waals surface area contributed by atoms with Gasteiger partial charge in [-0.1, -0.05) is 11.6 Å². The molecule has 0 aliphatic carbocycles. The smallest absolute Gasteiger partial charge is 0.408 e. The molecule has 7 nitrogen and oxygen atoms in total. The van der Waals surface area contributed by atoms with Crippen molar-refractivity contribution < 1.29 is 23.9 Å². The number of fused-ring (bicyclic) bond motifs is 1. The molecule has 0 fully saturated rings. The Morgan fingerprint density at radius 2 is 2.22 bits per heavy atom. The first kappa shape index (κ1) is 17.4. The second-order valence-corrected chi connectivity index (χ2v) is 6.40. The number of ether oxygens (including phenoxy) is 2. The molecular weight excluding hydrogens is 324 g/mol. The third kappa shape index (κ3) is 5.01. The lowest BCUT2D eigenvalue weighted by atomic mass is 10.2. The number of hydrogen-bond acceptors (Lipinski definition) is 6. The Balaban J connectivity index is 1.97. The van der Waals surface area contributed by atoms with Gasteiger partial charge in [-0.05, 0) is 44.1 Å². The van der Waals surface area contributed by atoms with Crippen LogP contribution < -0.4 is 10.1 Å². The first-order valence-electron chi connectivity index (χ1n) is 7.06. The summed E-state index contributed by atoms with van der Waals surface area (Å²) in [5.74, 6) is 0.243. The molecule has 23 heavy (non-hydrogen) atoms. The summed E-state index contributed by atoms with van der Waals surface area (Å²) < 4.78 is 15.7. The molecule has 1 unspecified atom stereocenters. The van der Waals surface area contributed by atoms with Crippen LogP contribution in [0.15, 0.2) is 22.7 Å². The number of rotatable bonds is 5. The molecule has 0 bridgehead atoms. The van der Waals surface area contributed by atoms with Gasteiger partial charge in [-0.3, -0.25) is 0 Å². The van der Waals surface area contributed by atoms with Crippen LogP contribution >= 0.6 is 11.6 Å². The van der Waals surface area contributed by atoms with Crippen molar-refractivity contribution in [2.24, 2.45) is 0 Å². The van der Waals surface area contributed by atoms with Crippen LogP contribution in [0.4, 0.5) is 4.79 Å². The van der Waals surface area contributed by atoms with Crippen molar-refractivity contribution in [3.05, 3.63) is 23.2 Å². The quantitative estimate of drug-likeness (QED) is 0.867. The summed E-state index contributed by atoms with van der Waals surface area (Å²) in [7, 11) is 0. The van der Waals surface area contributed by atoms with Gasteiger partial charge in [0, 0.05) is 5.02 Å². The van der Waals surface area contributed by atoms with Crippen LogP contribution in [-0.4, -0.2) is 41.2 Å². The van der Waals surface area contributed by atoms with Gasteiger partial charge in [0.25, 0.3) is 5.88 Å². The van der Waals surface area contributed by atoms with Gasteiger partial charge in [-0.2, -0.15) is 0 Å². The van der Waals surface area contributed by atoms with Gasteiger partial charge in [-0.15, -0.1) is 0 Å². The van der Waals surface area contributed by atoms with E-state index in [9.17, 15) is 9.90 Å². The van der Waals surface area contributed by atoms with Crippen molar-refractivity contribution in [3.63, 3.8) is 0 Å². The number of hydrogen-bond donors (Lipinski definition) is 2. The molecule has 0 saturated heterocycles. The summed E-state index contributed by atoms with van der Waals surface area (Å²) >= 11 is 5.93. The van der Waals surface area contributed by atoms with E-state index in [-0.39, 0.29) is 19.1 Å². The van der Waals surface area contributed by atoms with E-state index in [1.165, 1.54) is 0 Å². The van der Waals surface area contributed by atoms with E-state index in [0.717, 1.165) is 0 Å². The van der Waals surface area contributed by atoms with E-state index in [1.54, 1.807) is 39.0 Å². The molecule has 0 aliphatic heterocycles. The van der Waals surface area contributed by atoms with E-state index >= 15 is 0 Å². The third-order valence-electron chi connectivity index (χ3n) is 2.76. The SMILES string of the molecule is CC(C)(C)OC(=O)NC(CO)COc1noc2ccc(Cl)cc12. The summed E-state index contributed by atoms with van der Waals surface area (Å²) in [6.45, 7) is 4.95. The maximum Gasteiger partial charge on any atom is 0.408 e. The standard InChI is InChI=1S/C15H19ClN2O5/c1-15(2,3)22-14(20)17-10(7-19)8-21-13-11-6-9(16)4-5-12(11)23-18-13/h4-6,10,19H,7-8H2,1-3H3,(H,17,20). The highest BCUT2D eigenvalue weighted by Crippen LogP contribution is 2.27. The molecule has 1 atom stereocenters. The highest BCUT2D eigenvalue weighted by Gasteiger charge is 2.20. The Morgan fingerprint density at radius 3 is 2.87 bits per heavy atom. The topological polar surface area (TPSA) is 93.8 Å². The zero-order valence-electron chi connectivity index (χ0n) is 13.1. The van der Waals surface area contributed by atoms with E-state index in [2.05, 4.69) is 10.5 Å². The molecular formula is C15H19ClN2O5. The molecule has 2 N–H and O–H groups in total. The van der Waals surface area contributed by atoms with Crippen molar-refractivity contribution in [1.29, 1.82) is 0 Å². The Bertz CT molecular complexity index is 680. The van der Waals surface area contributed by atoms with Gasteiger partial charge in [-0.25, -0.2) is 4.79 Å². The number of carbonyl (C=O) groups excluding carboxylic acids is 1. The van der Waals surface area contributed by atoms with Gasteiger partial charge in [0.05, 0.1) is 18.0 Å². The van der Waals surface area contributed by atoms with Crippen LogP contribution in [0.1, 0.15) is 20.8 Å². The van der Waals surface area contributed by atoms with Gasteiger partial charge >= 0.3 is 6.09 Å².